The van der Waals surface area contributed by atoms with Crippen LogP contribution >= 0.6 is 0 Å². The Kier molecular flexibility index (Phi) is 4.35. The highest BCUT2D eigenvalue weighted by atomic mass is 32.2. The molecule has 19 heavy (non-hydrogen) atoms. The van der Waals surface area contributed by atoms with Gasteiger partial charge in [-0.2, -0.15) is 12.7 Å². The normalized spacial score (nSPS) is 17.4. The van der Waals surface area contributed by atoms with Crippen molar-refractivity contribution in [2.45, 2.75) is 6.54 Å². The summed E-state index contributed by atoms with van der Waals surface area (Å²) in [6.07, 6.45) is 0. The van der Waals surface area contributed by atoms with Crippen LogP contribution in [0.1, 0.15) is 5.56 Å². The largest absolute Gasteiger partial charge is 0.379 e. The summed E-state index contributed by atoms with van der Waals surface area (Å²) in [5.41, 5.74) is 5.77. The summed E-state index contributed by atoms with van der Waals surface area (Å²) in [6, 6.07) is 4.17. The molecule has 3 N–H and O–H groups in total. The van der Waals surface area contributed by atoms with Gasteiger partial charge in [0, 0.05) is 25.2 Å². The summed E-state index contributed by atoms with van der Waals surface area (Å²) in [6.45, 7) is 1.19. The van der Waals surface area contributed by atoms with E-state index in [1.807, 2.05) is 0 Å². The molecule has 2 rings (SSSR count). The van der Waals surface area contributed by atoms with Crippen molar-refractivity contribution in [3.8, 4) is 0 Å². The molecular formula is C11H16FN3O3S. The molecule has 1 saturated heterocycles. The van der Waals surface area contributed by atoms with Crippen LogP contribution in [-0.2, 0) is 21.5 Å². The zero-order valence-corrected chi connectivity index (χ0v) is 11.1. The van der Waals surface area contributed by atoms with Gasteiger partial charge in [-0.25, -0.2) is 4.39 Å². The van der Waals surface area contributed by atoms with Gasteiger partial charge in [0.15, 0.2) is 0 Å². The number of rotatable bonds is 4. The molecule has 0 atom stereocenters. The minimum absolute atomic E-state index is 0.0758. The SMILES string of the molecule is NCc1c(F)cccc1NS(=O)(=O)N1CCOCC1. The minimum Gasteiger partial charge on any atom is -0.379 e. The van der Waals surface area contributed by atoms with Crippen LogP contribution in [0.5, 0.6) is 0 Å². The fraction of sp³-hybridized carbons (Fsp3) is 0.455. The van der Waals surface area contributed by atoms with Gasteiger partial charge >= 0.3 is 10.2 Å². The van der Waals surface area contributed by atoms with Crippen LogP contribution in [0.3, 0.4) is 0 Å². The standard InChI is InChI=1S/C11H16FN3O3S/c12-10-2-1-3-11(9(10)8-13)14-19(16,17)15-4-6-18-7-5-15/h1-3,14H,4-8,13H2. The van der Waals surface area contributed by atoms with Crippen molar-refractivity contribution in [2.75, 3.05) is 31.0 Å². The molecule has 0 aromatic heterocycles. The Morgan fingerprint density at radius 2 is 2.05 bits per heavy atom. The Morgan fingerprint density at radius 1 is 1.37 bits per heavy atom. The topological polar surface area (TPSA) is 84.7 Å². The molecule has 0 saturated carbocycles. The first-order valence-electron chi connectivity index (χ1n) is 5.87. The van der Waals surface area contributed by atoms with Gasteiger partial charge in [-0.1, -0.05) is 6.07 Å². The van der Waals surface area contributed by atoms with E-state index in [2.05, 4.69) is 4.72 Å². The Balaban J connectivity index is 2.22. The highest BCUT2D eigenvalue weighted by Gasteiger charge is 2.25. The lowest BCUT2D eigenvalue weighted by Crippen LogP contribution is -2.43. The quantitative estimate of drug-likeness (QED) is 0.833. The molecule has 6 nitrogen and oxygen atoms in total. The summed E-state index contributed by atoms with van der Waals surface area (Å²) in [7, 11) is -3.70. The number of anilines is 1. The van der Waals surface area contributed by atoms with Crippen LogP contribution in [0.4, 0.5) is 10.1 Å². The van der Waals surface area contributed by atoms with E-state index in [1.54, 1.807) is 0 Å². The van der Waals surface area contributed by atoms with Crippen LogP contribution in [0, 0.1) is 5.82 Å². The van der Waals surface area contributed by atoms with Crippen LogP contribution in [0.2, 0.25) is 0 Å². The van der Waals surface area contributed by atoms with E-state index in [0.29, 0.717) is 13.2 Å². The lowest BCUT2D eigenvalue weighted by Gasteiger charge is -2.26. The lowest BCUT2D eigenvalue weighted by atomic mass is 10.2. The zero-order valence-electron chi connectivity index (χ0n) is 10.3. The second-order valence-electron chi connectivity index (χ2n) is 4.09. The Labute approximate surface area is 111 Å². The van der Waals surface area contributed by atoms with Gasteiger partial charge in [0.1, 0.15) is 5.82 Å². The monoisotopic (exact) mass is 289 g/mol. The molecule has 8 heteroatoms. The maximum atomic E-state index is 13.5. The Bertz CT molecular complexity index is 544. The molecule has 0 aliphatic carbocycles. The lowest BCUT2D eigenvalue weighted by molar-refractivity contribution is 0.0733. The van der Waals surface area contributed by atoms with Crippen molar-refractivity contribution in [3.63, 3.8) is 0 Å². The van der Waals surface area contributed by atoms with E-state index >= 15 is 0 Å². The number of nitrogens with zero attached hydrogens (tertiary/aromatic N) is 1. The number of ether oxygens (including phenoxy) is 1. The smallest absolute Gasteiger partial charge is 0.301 e. The average Bonchev–Trinajstić information content (AvgIpc) is 2.40. The third-order valence-electron chi connectivity index (χ3n) is 2.87. The summed E-state index contributed by atoms with van der Waals surface area (Å²) in [5.74, 6) is -0.523. The minimum atomic E-state index is -3.70. The average molecular weight is 289 g/mol. The van der Waals surface area contributed by atoms with Gasteiger partial charge in [0.25, 0.3) is 0 Å². The first-order valence-corrected chi connectivity index (χ1v) is 7.31. The highest BCUT2D eigenvalue weighted by Crippen LogP contribution is 2.20. The Morgan fingerprint density at radius 3 is 2.68 bits per heavy atom. The van der Waals surface area contributed by atoms with E-state index < -0.39 is 16.0 Å². The van der Waals surface area contributed by atoms with Crippen LogP contribution in [-0.4, -0.2) is 39.0 Å². The molecule has 0 bridgehead atoms. The molecule has 1 aromatic rings. The van der Waals surface area contributed by atoms with Gasteiger partial charge in [0.05, 0.1) is 18.9 Å². The van der Waals surface area contributed by atoms with Gasteiger partial charge in [-0.05, 0) is 12.1 Å². The molecule has 0 amide bonds. The van der Waals surface area contributed by atoms with Gasteiger partial charge in [-0.15, -0.1) is 0 Å². The third kappa shape index (κ3) is 3.21. The number of nitrogens with two attached hydrogens (primary N) is 1. The van der Waals surface area contributed by atoms with Gasteiger partial charge in [0.2, 0.25) is 0 Å². The summed E-state index contributed by atoms with van der Waals surface area (Å²) in [5, 5.41) is 0. The van der Waals surface area contributed by atoms with Crippen molar-refractivity contribution in [3.05, 3.63) is 29.6 Å². The Hall–Kier alpha value is -1.22. The molecule has 1 fully saturated rings. The fourth-order valence-corrected chi connectivity index (χ4v) is 3.08. The fourth-order valence-electron chi connectivity index (χ4n) is 1.85. The van der Waals surface area contributed by atoms with Gasteiger partial charge < -0.3 is 10.5 Å². The first kappa shape index (κ1) is 14.2. The summed E-state index contributed by atoms with van der Waals surface area (Å²) >= 11 is 0. The number of halogens is 1. The predicted molar refractivity (Wildman–Crippen MR) is 69.2 cm³/mol. The van der Waals surface area contributed by atoms with E-state index in [9.17, 15) is 12.8 Å². The molecule has 0 radical (unpaired) electrons. The molecule has 1 heterocycles. The summed E-state index contributed by atoms with van der Waals surface area (Å²) in [4.78, 5) is 0. The third-order valence-corrected chi connectivity index (χ3v) is 4.39. The van der Waals surface area contributed by atoms with Crippen molar-refractivity contribution < 1.29 is 17.5 Å². The van der Waals surface area contributed by atoms with Crippen molar-refractivity contribution in [2.24, 2.45) is 5.73 Å². The number of benzene rings is 1. The zero-order chi connectivity index (χ0) is 13.9. The molecule has 0 unspecified atom stereocenters. The highest BCUT2D eigenvalue weighted by molar-refractivity contribution is 7.90. The van der Waals surface area contributed by atoms with E-state index in [0.717, 1.165) is 0 Å². The van der Waals surface area contributed by atoms with E-state index in [-0.39, 0.29) is 30.9 Å². The summed E-state index contributed by atoms with van der Waals surface area (Å²) < 4.78 is 46.5. The number of hydrogen-bond donors (Lipinski definition) is 2. The van der Waals surface area contributed by atoms with Crippen molar-refractivity contribution >= 4 is 15.9 Å². The molecular weight excluding hydrogens is 273 g/mol. The van der Waals surface area contributed by atoms with Crippen LogP contribution < -0.4 is 10.5 Å². The van der Waals surface area contributed by atoms with Crippen LogP contribution in [0.15, 0.2) is 18.2 Å². The maximum absolute atomic E-state index is 13.5. The first-order chi connectivity index (χ1) is 9.04. The molecule has 1 aromatic carbocycles. The van der Waals surface area contributed by atoms with Crippen LogP contribution in [0.25, 0.3) is 0 Å². The second-order valence-corrected chi connectivity index (χ2v) is 5.76. The number of hydrogen-bond acceptors (Lipinski definition) is 4. The number of nitrogens with one attached hydrogen (secondary N) is 1. The van der Waals surface area contributed by atoms with Gasteiger partial charge in [-0.3, -0.25) is 4.72 Å². The van der Waals surface area contributed by atoms with E-state index in [4.69, 9.17) is 10.5 Å². The number of morpholine rings is 1. The molecule has 1 aliphatic heterocycles. The van der Waals surface area contributed by atoms with Crippen molar-refractivity contribution in [1.82, 2.24) is 4.31 Å². The molecule has 1 aliphatic rings. The maximum Gasteiger partial charge on any atom is 0.301 e. The van der Waals surface area contributed by atoms with E-state index in [1.165, 1.54) is 22.5 Å². The molecule has 106 valence electrons. The van der Waals surface area contributed by atoms with Crippen molar-refractivity contribution in [1.29, 1.82) is 0 Å². The molecule has 0 spiro atoms. The second kappa shape index (κ2) is 5.83. The predicted octanol–water partition coefficient (Wildman–Crippen LogP) is 0.273.